The van der Waals surface area contributed by atoms with E-state index in [1.54, 1.807) is 49.6 Å². The number of halogens is 1. The molecule has 0 radical (unpaired) electrons. The van der Waals surface area contributed by atoms with E-state index >= 15 is 0 Å². The first-order valence-electron chi connectivity index (χ1n) is 7.65. The standard InChI is InChI=1S/C18H16ClN5O/c1-12-22-16(18(25)24-15-6-2-5-14(19)8-15)9-17(23-12)21-11-13-4-3-7-20-10-13/h2-10H,11H2,1H3,(H,24,25)(H,21,22,23). The molecule has 0 bridgehead atoms. The van der Waals surface area contributed by atoms with Crippen molar-refractivity contribution < 1.29 is 4.79 Å². The molecule has 0 spiro atoms. The third-order valence-electron chi connectivity index (χ3n) is 3.35. The van der Waals surface area contributed by atoms with Crippen molar-refractivity contribution in [3.8, 4) is 0 Å². The summed E-state index contributed by atoms with van der Waals surface area (Å²) in [5.74, 6) is 0.761. The Morgan fingerprint density at radius 2 is 2.04 bits per heavy atom. The van der Waals surface area contributed by atoms with Crippen LogP contribution in [0, 0.1) is 6.92 Å². The number of hydrogen-bond acceptors (Lipinski definition) is 5. The summed E-state index contributed by atoms with van der Waals surface area (Å²) in [5, 5.41) is 6.51. The molecule has 0 fully saturated rings. The number of pyridine rings is 1. The molecule has 0 aliphatic rings. The van der Waals surface area contributed by atoms with E-state index in [1.165, 1.54) is 0 Å². The molecule has 6 nitrogen and oxygen atoms in total. The Hall–Kier alpha value is -2.99. The lowest BCUT2D eigenvalue weighted by Crippen LogP contribution is -2.15. The number of anilines is 2. The van der Waals surface area contributed by atoms with Crippen LogP contribution in [-0.4, -0.2) is 20.9 Å². The zero-order valence-electron chi connectivity index (χ0n) is 13.5. The van der Waals surface area contributed by atoms with E-state index in [4.69, 9.17) is 11.6 Å². The van der Waals surface area contributed by atoms with Gasteiger partial charge in [0.2, 0.25) is 0 Å². The molecule has 126 valence electrons. The van der Waals surface area contributed by atoms with E-state index in [2.05, 4.69) is 25.6 Å². The van der Waals surface area contributed by atoms with Crippen LogP contribution in [0.25, 0.3) is 0 Å². The maximum atomic E-state index is 12.4. The van der Waals surface area contributed by atoms with Crippen LogP contribution in [-0.2, 0) is 6.54 Å². The van der Waals surface area contributed by atoms with Crippen LogP contribution in [0.2, 0.25) is 5.02 Å². The molecule has 2 N–H and O–H groups in total. The summed E-state index contributed by atoms with van der Waals surface area (Å²) in [6.45, 7) is 2.30. The number of rotatable bonds is 5. The number of nitrogens with one attached hydrogen (secondary N) is 2. The van der Waals surface area contributed by atoms with Gasteiger partial charge in [0.25, 0.3) is 5.91 Å². The van der Waals surface area contributed by atoms with Crippen LogP contribution in [0.3, 0.4) is 0 Å². The Morgan fingerprint density at radius 3 is 2.80 bits per heavy atom. The molecule has 0 atom stereocenters. The fraction of sp³-hybridized carbons (Fsp3) is 0.111. The van der Waals surface area contributed by atoms with Gasteiger partial charge in [-0.1, -0.05) is 23.7 Å². The van der Waals surface area contributed by atoms with Gasteiger partial charge in [-0.3, -0.25) is 9.78 Å². The zero-order chi connectivity index (χ0) is 17.6. The van der Waals surface area contributed by atoms with Crippen LogP contribution in [0.4, 0.5) is 11.5 Å². The number of carbonyl (C=O) groups excluding carboxylic acids is 1. The van der Waals surface area contributed by atoms with Gasteiger partial charge in [0.15, 0.2) is 0 Å². The van der Waals surface area contributed by atoms with Gasteiger partial charge in [-0.2, -0.15) is 0 Å². The van der Waals surface area contributed by atoms with Crippen molar-refractivity contribution in [3.05, 3.63) is 77.0 Å². The zero-order valence-corrected chi connectivity index (χ0v) is 14.3. The van der Waals surface area contributed by atoms with Crippen molar-refractivity contribution in [2.75, 3.05) is 10.6 Å². The summed E-state index contributed by atoms with van der Waals surface area (Å²) in [4.78, 5) is 25.0. The summed E-state index contributed by atoms with van der Waals surface area (Å²) in [6.07, 6.45) is 3.49. The first-order chi connectivity index (χ1) is 12.1. The number of benzene rings is 1. The molecule has 1 aromatic carbocycles. The maximum Gasteiger partial charge on any atom is 0.274 e. The molecule has 0 aliphatic heterocycles. The third kappa shape index (κ3) is 4.74. The minimum absolute atomic E-state index is 0.279. The van der Waals surface area contributed by atoms with Crippen LogP contribution < -0.4 is 10.6 Å². The molecule has 7 heteroatoms. The van der Waals surface area contributed by atoms with E-state index in [1.807, 2.05) is 12.1 Å². The molecule has 0 saturated heterocycles. The van der Waals surface area contributed by atoms with Crippen molar-refractivity contribution >= 4 is 29.0 Å². The van der Waals surface area contributed by atoms with Crippen molar-refractivity contribution in [2.24, 2.45) is 0 Å². The normalized spacial score (nSPS) is 10.3. The minimum atomic E-state index is -0.322. The number of nitrogens with zero attached hydrogens (tertiary/aromatic N) is 3. The summed E-state index contributed by atoms with van der Waals surface area (Å²) < 4.78 is 0. The molecule has 0 saturated carbocycles. The summed E-state index contributed by atoms with van der Waals surface area (Å²) in [5.41, 5.74) is 1.91. The Kier molecular flexibility index (Phi) is 5.20. The summed E-state index contributed by atoms with van der Waals surface area (Å²) in [7, 11) is 0. The predicted molar refractivity (Wildman–Crippen MR) is 97.7 cm³/mol. The van der Waals surface area contributed by atoms with Crippen LogP contribution in [0.5, 0.6) is 0 Å². The van der Waals surface area contributed by atoms with Gasteiger partial charge < -0.3 is 10.6 Å². The smallest absolute Gasteiger partial charge is 0.274 e. The number of aromatic nitrogens is 3. The highest BCUT2D eigenvalue weighted by atomic mass is 35.5. The summed E-state index contributed by atoms with van der Waals surface area (Å²) in [6, 6.07) is 12.4. The van der Waals surface area contributed by atoms with E-state index in [9.17, 15) is 4.79 Å². The first kappa shape index (κ1) is 16.9. The van der Waals surface area contributed by atoms with Crippen molar-refractivity contribution in [1.29, 1.82) is 0 Å². The molecule has 25 heavy (non-hydrogen) atoms. The second kappa shape index (κ2) is 7.72. The SMILES string of the molecule is Cc1nc(NCc2cccnc2)cc(C(=O)Nc2cccc(Cl)c2)n1. The lowest BCUT2D eigenvalue weighted by molar-refractivity contribution is 0.102. The highest BCUT2D eigenvalue weighted by Gasteiger charge is 2.11. The Bertz CT molecular complexity index is 886. The third-order valence-corrected chi connectivity index (χ3v) is 3.58. The second-order valence-electron chi connectivity index (χ2n) is 5.36. The fourth-order valence-electron chi connectivity index (χ4n) is 2.23. The number of carbonyl (C=O) groups is 1. The molecule has 0 unspecified atom stereocenters. The molecule has 2 aromatic heterocycles. The van der Waals surface area contributed by atoms with Gasteiger partial charge in [-0.15, -0.1) is 0 Å². The summed E-state index contributed by atoms with van der Waals surface area (Å²) >= 11 is 5.93. The molecule has 3 aromatic rings. The molecule has 2 heterocycles. The Balaban J connectivity index is 1.73. The molecule has 1 amide bonds. The highest BCUT2D eigenvalue weighted by molar-refractivity contribution is 6.30. The largest absolute Gasteiger partial charge is 0.366 e. The molecular formula is C18H16ClN5O. The van der Waals surface area contributed by atoms with Crippen molar-refractivity contribution in [1.82, 2.24) is 15.0 Å². The lowest BCUT2D eigenvalue weighted by Gasteiger charge is -2.09. The van der Waals surface area contributed by atoms with Gasteiger partial charge in [-0.05, 0) is 36.8 Å². The van der Waals surface area contributed by atoms with Gasteiger partial charge in [0.05, 0.1) is 0 Å². The Labute approximate surface area is 150 Å². The van der Waals surface area contributed by atoms with E-state index in [0.29, 0.717) is 28.9 Å². The van der Waals surface area contributed by atoms with Gasteiger partial charge in [0, 0.05) is 35.7 Å². The lowest BCUT2D eigenvalue weighted by atomic mass is 10.2. The first-order valence-corrected chi connectivity index (χ1v) is 8.03. The molecule has 3 rings (SSSR count). The average Bonchev–Trinajstić information content (AvgIpc) is 2.60. The Morgan fingerprint density at radius 1 is 1.16 bits per heavy atom. The van der Waals surface area contributed by atoms with E-state index in [0.717, 1.165) is 5.56 Å². The molecule has 0 aliphatic carbocycles. The fourth-order valence-corrected chi connectivity index (χ4v) is 2.42. The van der Waals surface area contributed by atoms with E-state index < -0.39 is 0 Å². The monoisotopic (exact) mass is 353 g/mol. The second-order valence-corrected chi connectivity index (χ2v) is 5.80. The van der Waals surface area contributed by atoms with E-state index in [-0.39, 0.29) is 11.6 Å². The maximum absolute atomic E-state index is 12.4. The van der Waals surface area contributed by atoms with Crippen LogP contribution in [0.15, 0.2) is 54.9 Å². The number of hydrogen-bond donors (Lipinski definition) is 2. The topological polar surface area (TPSA) is 79.8 Å². The van der Waals surface area contributed by atoms with Crippen LogP contribution in [0.1, 0.15) is 21.9 Å². The number of amides is 1. The van der Waals surface area contributed by atoms with Gasteiger partial charge in [-0.25, -0.2) is 9.97 Å². The quantitative estimate of drug-likeness (QED) is 0.731. The van der Waals surface area contributed by atoms with Crippen molar-refractivity contribution in [3.63, 3.8) is 0 Å². The predicted octanol–water partition coefficient (Wildman–Crippen LogP) is 3.70. The number of aryl methyl sites for hydroxylation is 1. The van der Waals surface area contributed by atoms with Crippen molar-refractivity contribution in [2.45, 2.75) is 13.5 Å². The highest BCUT2D eigenvalue weighted by Crippen LogP contribution is 2.16. The van der Waals surface area contributed by atoms with Gasteiger partial charge in [0.1, 0.15) is 17.3 Å². The minimum Gasteiger partial charge on any atom is -0.366 e. The van der Waals surface area contributed by atoms with Gasteiger partial charge >= 0.3 is 0 Å². The average molecular weight is 354 g/mol. The van der Waals surface area contributed by atoms with Crippen LogP contribution >= 0.6 is 11.6 Å². The molecular weight excluding hydrogens is 338 g/mol.